The summed E-state index contributed by atoms with van der Waals surface area (Å²) in [5, 5.41) is 16.6. The molecular formula is C26H28N8O3. The van der Waals surface area contributed by atoms with Crippen molar-refractivity contribution in [3.05, 3.63) is 60.2 Å². The number of imidazole rings is 1. The fourth-order valence-electron chi connectivity index (χ4n) is 3.94. The van der Waals surface area contributed by atoms with Crippen LogP contribution < -0.4 is 15.4 Å². The van der Waals surface area contributed by atoms with E-state index in [1.54, 1.807) is 19.6 Å². The highest BCUT2D eigenvalue weighted by Crippen LogP contribution is 2.30. The molecule has 3 N–H and O–H groups in total. The number of aryl methyl sites for hydroxylation is 2. The molecule has 0 atom stereocenters. The fraction of sp³-hybridized carbons (Fsp3) is 0.269. The molecule has 0 amide bonds. The summed E-state index contributed by atoms with van der Waals surface area (Å²) in [4.78, 5) is 21.6. The summed E-state index contributed by atoms with van der Waals surface area (Å²) in [5.74, 6) is 2.28. The van der Waals surface area contributed by atoms with Crippen molar-refractivity contribution >= 4 is 40.9 Å². The second-order valence-electron chi connectivity index (χ2n) is 8.94. The quantitative estimate of drug-likeness (QED) is 0.248. The van der Waals surface area contributed by atoms with Crippen LogP contribution in [0.4, 0.5) is 17.3 Å². The summed E-state index contributed by atoms with van der Waals surface area (Å²) in [7, 11) is 3.62. The zero-order valence-electron chi connectivity index (χ0n) is 20.9. The van der Waals surface area contributed by atoms with Gasteiger partial charge in [-0.05, 0) is 49.5 Å². The predicted molar refractivity (Wildman–Crippen MR) is 144 cm³/mol. The zero-order valence-corrected chi connectivity index (χ0v) is 20.9. The van der Waals surface area contributed by atoms with Gasteiger partial charge in [-0.3, -0.25) is 9.98 Å². The second kappa shape index (κ2) is 9.96. The minimum atomic E-state index is -0.913. The lowest BCUT2D eigenvalue weighted by Gasteiger charge is -2.36. The van der Waals surface area contributed by atoms with E-state index in [1.807, 2.05) is 54.9 Å². The van der Waals surface area contributed by atoms with Gasteiger partial charge in [0.15, 0.2) is 5.84 Å². The molecule has 0 bridgehead atoms. The van der Waals surface area contributed by atoms with Crippen LogP contribution in [-0.4, -0.2) is 69.6 Å². The maximum absolute atomic E-state index is 10.3. The number of benzene rings is 2. The molecule has 0 unspecified atom stereocenters. The average molecular weight is 501 g/mol. The molecule has 1 saturated heterocycles. The third-order valence-electron chi connectivity index (χ3n) is 6.07. The Morgan fingerprint density at radius 1 is 1.24 bits per heavy atom. The second-order valence-corrected chi connectivity index (χ2v) is 8.94. The molecule has 0 spiro atoms. The number of aliphatic imine (C=N–C) groups is 2. The molecular weight excluding hydrogens is 472 g/mol. The first-order chi connectivity index (χ1) is 17.9. The topological polar surface area (TPSA) is 131 Å². The van der Waals surface area contributed by atoms with E-state index >= 15 is 0 Å². The molecule has 4 aromatic rings. The Morgan fingerprint density at radius 2 is 2.08 bits per heavy atom. The van der Waals surface area contributed by atoms with Crippen molar-refractivity contribution in [2.45, 2.75) is 12.5 Å². The van der Waals surface area contributed by atoms with Crippen molar-refractivity contribution < 1.29 is 14.6 Å². The molecule has 2 aromatic heterocycles. The maximum Gasteiger partial charge on any atom is 0.223 e. The Labute approximate surface area is 213 Å². The van der Waals surface area contributed by atoms with Crippen molar-refractivity contribution in [3.8, 4) is 11.5 Å². The molecule has 5 rings (SSSR count). The van der Waals surface area contributed by atoms with E-state index in [-0.39, 0.29) is 19.8 Å². The first kappa shape index (κ1) is 24.3. The van der Waals surface area contributed by atoms with Crippen LogP contribution in [0.1, 0.15) is 11.3 Å². The van der Waals surface area contributed by atoms with Crippen LogP contribution in [0.25, 0.3) is 11.0 Å². The molecule has 0 saturated carbocycles. The molecule has 3 heterocycles. The number of fused-ring (bicyclic) bond motifs is 1. The predicted octanol–water partition coefficient (Wildman–Crippen LogP) is 3.46. The van der Waals surface area contributed by atoms with E-state index in [0.29, 0.717) is 28.9 Å². The van der Waals surface area contributed by atoms with Gasteiger partial charge >= 0.3 is 0 Å². The van der Waals surface area contributed by atoms with Gasteiger partial charge in [-0.1, -0.05) is 0 Å². The van der Waals surface area contributed by atoms with Crippen molar-refractivity contribution in [1.29, 1.82) is 0 Å². The van der Waals surface area contributed by atoms with Gasteiger partial charge in [0.1, 0.15) is 28.5 Å². The van der Waals surface area contributed by atoms with Gasteiger partial charge < -0.3 is 29.8 Å². The Kier molecular flexibility index (Phi) is 6.55. The lowest BCUT2D eigenvalue weighted by Crippen LogP contribution is -2.54. The van der Waals surface area contributed by atoms with Crippen LogP contribution >= 0.6 is 0 Å². The molecule has 1 aliphatic rings. The average Bonchev–Trinajstić information content (AvgIpc) is 3.26. The van der Waals surface area contributed by atoms with Gasteiger partial charge in [0, 0.05) is 25.8 Å². The number of anilines is 2. The number of nitrogens with zero attached hydrogens (tertiary/aromatic N) is 6. The van der Waals surface area contributed by atoms with Crippen LogP contribution in [0.15, 0.2) is 58.9 Å². The number of amidine groups is 1. The zero-order chi connectivity index (χ0) is 26.0. The molecule has 1 aliphatic heterocycles. The van der Waals surface area contributed by atoms with Crippen LogP contribution in [-0.2, 0) is 11.8 Å². The first-order valence-corrected chi connectivity index (χ1v) is 11.7. The fourth-order valence-corrected chi connectivity index (χ4v) is 3.94. The van der Waals surface area contributed by atoms with Gasteiger partial charge in [0.2, 0.25) is 5.95 Å². The van der Waals surface area contributed by atoms with Gasteiger partial charge in [0.05, 0.1) is 43.3 Å². The Bertz CT molecular complexity index is 1490. The van der Waals surface area contributed by atoms with Crippen molar-refractivity contribution in [3.63, 3.8) is 0 Å². The SMILES string of the molecule is C=Nc1cnc(NCC2(O)COC2)nc1C(=NC)Nc1ccc(Oc2ccc3c(c2)ncn3C)c(C)c1. The largest absolute Gasteiger partial charge is 0.457 e. The van der Waals surface area contributed by atoms with Crippen LogP contribution in [0, 0.1) is 6.92 Å². The van der Waals surface area contributed by atoms with Crippen LogP contribution in [0.5, 0.6) is 11.5 Å². The standard InChI is InChI=1S/C26H28N8O3/c1-16-9-17(5-8-22(16)37-18-6-7-21-19(10-18)31-15-34(21)4)32-24(28-3)23-20(27-2)11-29-25(33-23)30-12-26(35)13-36-14-26/h5-11,15,35H,2,12-14H2,1,3-4H3,(H,28,32)(H,29,30,33). The molecule has 0 radical (unpaired) electrons. The Morgan fingerprint density at radius 3 is 2.78 bits per heavy atom. The summed E-state index contributed by atoms with van der Waals surface area (Å²) in [6.45, 7) is 6.42. The van der Waals surface area contributed by atoms with E-state index in [2.05, 4.69) is 42.3 Å². The van der Waals surface area contributed by atoms with Gasteiger partial charge in [0.25, 0.3) is 0 Å². The molecule has 0 aliphatic carbocycles. The number of aromatic nitrogens is 4. The molecule has 190 valence electrons. The number of ether oxygens (including phenoxy) is 2. The van der Waals surface area contributed by atoms with Crippen molar-refractivity contribution in [1.82, 2.24) is 19.5 Å². The van der Waals surface area contributed by atoms with E-state index in [9.17, 15) is 5.11 Å². The molecule has 37 heavy (non-hydrogen) atoms. The summed E-state index contributed by atoms with van der Waals surface area (Å²) >= 11 is 0. The monoisotopic (exact) mass is 500 g/mol. The maximum atomic E-state index is 10.3. The lowest BCUT2D eigenvalue weighted by atomic mass is 10.0. The number of aliphatic hydroxyl groups is 1. The molecule has 11 heteroatoms. The third-order valence-corrected chi connectivity index (χ3v) is 6.07. The minimum Gasteiger partial charge on any atom is -0.457 e. The first-order valence-electron chi connectivity index (χ1n) is 11.7. The Hall–Kier alpha value is -4.35. The van der Waals surface area contributed by atoms with Gasteiger partial charge in [-0.25, -0.2) is 15.0 Å². The van der Waals surface area contributed by atoms with E-state index in [0.717, 1.165) is 28.0 Å². The number of nitrogens with one attached hydrogen (secondary N) is 2. The van der Waals surface area contributed by atoms with E-state index in [1.165, 1.54) is 0 Å². The summed E-state index contributed by atoms with van der Waals surface area (Å²) in [5.41, 5.74) is 3.70. The highest BCUT2D eigenvalue weighted by atomic mass is 16.5. The third kappa shape index (κ3) is 5.13. The normalized spacial score (nSPS) is 14.8. The van der Waals surface area contributed by atoms with Crippen LogP contribution in [0.2, 0.25) is 0 Å². The summed E-state index contributed by atoms with van der Waals surface area (Å²) < 4.78 is 13.2. The highest BCUT2D eigenvalue weighted by Gasteiger charge is 2.36. The highest BCUT2D eigenvalue weighted by molar-refractivity contribution is 6.10. The van der Waals surface area contributed by atoms with E-state index in [4.69, 9.17) is 9.47 Å². The van der Waals surface area contributed by atoms with Crippen molar-refractivity contribution in [2.24, 2.45) is 17.0 Å². The minimum absolute atomic E-state index is 0.271. The number of hydrogen-bond acceptors (Lipinski definition) is 9. The summed E-state index contributed by atoms with van der Waals surface area (Å²) in [6.07, 6.45) is 3.34. The number of rotatable bonds is 8. The lowest BCUT2D eigenvalue weighted by molar-refractivity contribution is -0.168. The Balaban J connectivity index is 1.32. The summed E-state index contributed by atoms with van der Waals surface area (Å²) in [6, 6.07) is 11.6. The molecule has 11 nitrogen and oxygen atoms in total. The van der Waals surface area contributed by atoms with Gasteiger partial charge in [-0.15, -0.1) is 0 Å². The van der Waals surface area contributed by atoms with E-state index < -0.39 is 5.60 Å². The molecule has 1 fully saturated rings. The number of hydrogen-bond donors (Lipinski definition) is 3. The van der Waals surface area contributed by atoms with Crippen molar-refractivity contribution in [2.75, 3.05) is 37.4 Å². The van der Waals surface area contributed by atoms with Gasteiger partial charge in [-0.2, -0.15) is 0 Å². The van der Waals surface area contributed by atoms with Crippen LogP contribution in [0.3, 0.4) is 0 Å². The smallest absolute Gasteiger partial charge is 0.223 e. The molecule has 2 aromatic carbocycles.